The van der Waals surface area contributed by atoms with Gasteiger partial charge in [-0.25, -0.2) is 0 Å². The molecule has 53 heavy (non-hydrogen) atoms. The van der Waals surface area contributed by atoms with Crippen molar-refractivity contribution in [2.75, 3.05) is 33.3 Å². The molecule has 9 N–H and O–H groups in total. The van der Waals surface area contributed by atoms with E-state index in [1.165, 1.54) is 4.90 Å². The monoisotopic (exact) mass is 751 g/mol. The lowest BCUT2D eigenvalue weighted by Crippen LogP contribution is -2.61. The minimum Gasteiger partial charge on any atom is -0.375 e. The van der Waals surface area contributed by atoms with Gasteiger partial charge < -0.3 is 47.7 Å². The molecule has 15 nitrogen and oxygen atoms in total. The summed E-state index contributed by atoms with van der Waals surface area (Å²) in [4.78, 5) is 83.9. The number of hydrogen-bond acceptors (Lipinski definition) is 9. The summed E-state index contributed by atoms with van der Waals surface area (Å²) in [5, 5.41) is 13.9. The third kappa shape index (κ3) is 15.5. The highest BCUT2D eigenvalue weighted by Gasteiger charge is 2.38. The molecular formula is C38H70N8O7. The molecule has 1 aliphatic carbocycles. The van der Waals surface area contributed by atoms with Crippen molar-refractivity contribution in [2.45, 2.75) is 160 Å². The number of amides is 6. The average Bonchev–Trinajstić information content (AvgIpc) is 3.42. The van der Waals surface area contributed by atoms with Gasteiger partial charge in [-0.2, -0.15) is 0 Å². The molecule has 0 bridgehead atoms. The van der Waals surface area contributed by atoms with Gasteiger partial charge in [0.15, 0.2) is 0 Å². The Morgan fingerprint density at radius 2 is 1.45 bits per heavy atom. The number of likely N-dealkylation sites (N-methyl/N-ethyl adjacent to an activating group) is 1. The lowest BCUT2D eigenvalue weighted by Gasteiger charge is -2.34. The average molecular weight is 751 g/mol. The lowest BCUT2D eigenvalue weighted by molar-refractivity contribution is -0.147. The van der Waals surface area contributed by atoms with Gasteiger partial charge >= 0.3 is 0 Å². The third-order valence-electron chi connectivity index (χ3n) is 10.5. The number of rotatable bonds is 14. The summed E-state index contributed by atoms with van der Waals surface area (Å²) in [6, 6.07) is -4.90. The van der Waals surface area contributed by atoms with Gasteiger partial charge in [0, 0.05) is 26.2 Å². The Bertz CT molecular complexity index is 1170. The summed E-state index contributed by atoms with van der Waals surface area (Å²) in [7, 11) is 1.63. The van der Waals surface area contributed by atoms with E-state index in [0.29, 0.717) is 51.6 Å². The Kier molecular flexibility index (Phi) is 21.5. The maximum Gasteiger partial charge on any atom is 0.244 e. The molecule has 0 aromatic rings. The first kappa shape index (κ1) is 45.9. The summed E-state index contributed by atoms with van der Waals surface area (Å²) in [5.41, 5.74) is 11.6. The van der Waals surface area contributed by atoms with E-state index < -0.39 is 71.8 Å². The van der Waals surface area contributed by atoms with Crippen LogP contribution in [0.1, 0.15) is 124 Å². The van der Waals surface area contributed by atoms with Gasteiger partial charge in [0.1, 0.15) is 24.2 Å². The van der Waals surface area contributed by atoms with Crippen LogP contribution in [0.25, 0.3) is 0 Å². The highest BCUT2D eigenvalue weighted by Crippen LogP contribution is 2.27. The van der Waals surface area contributed by atoms with Crippen molar-refractivity contribution < 1.29 is 33.5 Å². The fraction of sp³-hybridized carbons (Fsp3) is 0.842. The van der Waals surface area contributed by atoms with Crippen LogP contribution in [0.5, 0.6) is 0 Å². The van der Waals surface area contributed by atoms with Crippen LogP contribution >= 0.6 is 0 Å². The molecule has 1 saturated heterocycles. The van der Waals surface area contributed by atoms with Crippen molar-refractivity contribution in [1.82, 2.24) is 31.5 Å². The summed E-state index contributed by atoms with van der Waals surface area (Å²) >= 11 is 0. The van der Waals surface area contributed by atoms with Crippen LogP contribution < -0.4 is 38.1 Å². The molecule has 304 valence electrons. The second kappa shape index (κ2) is 24.9. The molecule has 6 amide bonds. The number of carbonyl (C=O) groups excluding carboxylic acids is 6. The first-order valence-corrected chi connectivity index (χ1v) is 20.1. The second-order valence-electron chi connectivity index (χ2n) is 15.0. The van der Waals surface area contributed by atoms with Crippen molar-refractivity contribution in [3.05, 3.63) is 0 Å². The molecule has 0 unspecified atom stereocenters. The van der Waals surface area contributed by atoms with Crippen molar-refractivity contribution in [3.63, 3.8) is 0 Å². The molecule has 15 heteroatoms. The molecule has 1 saturated carbocycles. The topological polar surface area (TPSA) is 227 Å². The molecule has 0 aromatic carbocycles. The van der Waals surface area contributed by atoms with E-state index in [4.69, 9.17) is 16.2 Å². The van der Waals surface area contributed by atoms with Crippen molar-refractivity contribution in [2.24, 2.45) is 23.3 Å². The predicted octanol–water partition coefficient (Wildman–Crippen LogP) is 1.36. The van der Waals surface area contributed by atoms with E-state index in [-0.39, 0.29) is 31.4 Å². The van der Waals surface area contributed by atoms with Crippen molar-refractivity contribution >= 4 is 35.4 Å². The van der Waals surface area contributed by atoms with Crippen LogP contribution in [0, 0.1) is 11.8 Å². The number of hydrogen-bond donors (Lipinski definition) is 7. The fourth-order valence-electron chi connectivity index (χ4n) is 7.16. The van der Waals surface area contributed by atoms with E-state index in [9.17, 15) is 28.8 Å². The second-order valence-corrected chi connectivity index (χ2v) is 15.0. The SMILES string of the molecule is CCCCCC[C@H]1OC[C@@H](C)NC(=O)[C@H](CC(=O)NCCCN)NC(=O)[C@H](CN)NC(=O)[C@H](C2CCCCCC2)NC(=O)[C@H](CCC)N(C)C(=O)[C@@H]1C. The zero-order chi connectivity index (χ0) is 39.3. The molecule has 1 heterocycles. The Hall–Kier alpha value is -3.30. The van der Waals surface area contributed by atoms with E-state index in [2.05, 4.69) is 33.5 Å². The smallest absolute Gasteiger partial charge is 0.244 e. The normalized spacial score (nSPS) is 28.0. The molecule has 0 aromatic heterocycles. The molecule has 2 rings (SSSR count). The van der Waals surface area contributed by atoms with Gasteiger partial charge in [-0.3, -0.25) is 28.8 Å². The number of nitrogens with zero attached hydrogens (tertiary/aromatic N) is 1. The van der Waals surface area contributed by atoms with Crippen LogP contribution in [0.15, 0.2) is 0 Å². The van der Waals surface area contributed by atoms with E-state index >= 15 is 0 Å². The standard InChI is InChI=1S/C38H70N8O7/c1-6-8-9-14-19-31-26(4)38(52)46(5)30(16-7-2)36(50)45-33(27-17-12-10-11-13-18-27)37(51)44-29(23-40)35(49)43-28(22-32(47)41-21-15-20-39)34(48)42-25(3)24-53-31/h25-31,33H,6-24,39-40H2,1-5H3,(H,41,47)(H,42,48)(H,43,49)(H,44,51)(H,45,50)/t25-,26-,28+,29+,30+,31-,33+/m1/s1. The first-order chi connectivity index (χ1) is 25.4. The summed E-state index contributed by atoms with van der Waals surface area (Å²) in [5.74, 6) is -3.86. The van der Waals surface area contributed by atoms with Crippen molar-refractivity contribution in [1.29, 1.82) is 0 Å². The summed E-state index contributed by atoms with van der Waals surface area (Å²) in [6.45, 7) is 8.07. The molecule has 0 spiro atoms. The maximum absolute atomic E-state index is 14.1. The van der Waals surface area contributed by atoms with Gasteiger partial charge in [0.2, 0.25) is 35.4 Å². The largest absolute Gasteiger partial charge is 0.375 e. The van der Waals surface area contributed by atoms with Gasteiger partial charge in [0.05, 0.1) is 25.0 Å². The molecule has 1 aliphatic heterocycles. The third-order valence-corrected chi connectivity index (χ3v) is 10.5. The minimum absolute atomic E-state index is 0.0678. The lowest BCUT2D eigenvalue weighted by atomic mass is 9.90. The zero-order valence-electron chi connectivity index (χ0n) is 33.0. The fourth-order valence-corrected chi connectivity index (χ4v) is 7.16. The zero-order valence-corrected chi connectivity index (χ0v) is 33.0. The predicted molar refractivity (Wildman–Crippen MR) is 204 cm³/mol. The van der Waals surface area contributed by atoms with E-state index in [1.807, 2.05) is 6.92 Å². The van der Waals surface area contributed by atoms with Crippen LogP contribution in [-0.4, -0.2) is 110 Å². The molecular weight excluding hydrogens is 680 g/mol. The Morgan fingerprint density at radius 1 is 0.792 bits per heavy atom. The highest BCUT2D eigenvalue weighted by atomic mass is 16.5. The first-order valence-electron chi connectivity index (χ1n) is 20.1. The number of carbonyl (C=O) groups is 6. The molecule has 0 radical (unpaired) electrons. The van der Waals surface area contributed by atoms with Gasteiger partial charge in [-0.15, -0.1) is 0 Å². The highest BCUT2D eigenvalue weighted by molar-refractivity contribution is 5.97. The van der Waals surface area contributed by atoms with Gasteiger partial charge in [-0.05, 0) is 51.5 Å². The van der Waals surface area contributed by atoms with Crippen molar-refractivity contribution in [3.8, 4) is 0 Å². The van der Waals surface area contributed by atoms with Crippen LogP contribution in [0.4, 0.5) is 0 Å². The molecule has 2 fully saturated rings. The summed E-state index contributed by atoms with van der Waals surface area (Å²) < 4.78 is 6.35. The Labute approximate surface area is 317 Å². The number of nitrogens with one attached hydrogen (secondary N) is 5. The quantitative estimate of drug-likeness (QED) is 0.100. The Balaban J connectivity index is 2.55. The maximum atomic E-state index is 14.1. The van der Waals surface area contributed by atoms with E-state index in [0.717, 1.165) is 51.4 Å². The van der Waals surface area contributed by atoms with Crippen LogP contribution in [-0.2, 0) is 33.5 Å². The number of nitrogens with two attached hydrogens (primary N) is 2. The summed E-state index contributed by atoms with van der Waals surface area (Å²) in [6.07, 6.45) is 10.5. The molecule has 7 atom stereocenters. The number of unbranched alkanes of at least 4 members (excludes halogenated alkanes) is 3. The minimum atomic E-state index is -1.29. The number of ether oxygens (including phenoxy) is 1. The van der Waals surface area contributed by atoms with E-state index in [1.54, 1.807) is 20.9 Å². The molecule has 2 aliphatic rings. The van der Waals surface area contributed by atoms with Crippen LogP contribution in [0.3, 0.4) is 0 Å². The van der Waals surface area contributed by atoms with Gasteiger partial charge in [-0.1, -0.05) is 78.6 Å². The Morgan fingerprint density at radius 3 is 2.08 bits per heavy atom. The van der Waals surface area contributed by atoms with Gasteiger partial charge in [0.25, 0.3) is 0 Å². The van der Waals surface area contributed by atoms with Crippen LogP contribution in [0.2, 0.25) is 0 Å².